The Morgan fingerprint density at radius 1 is 1.36 bits per heavy atom. The molecule has 2 amide bonds. The Kier molecular flexibility index (Phi) is 5.26. The number of nitrogens with zero attached hydrogens (tertiary/aromatic N) is 2. The van der Waals surface area contributed by atoms with E-state index in [0.29, 0.717) is 25.9 Å². The van der Waals surface area contributed by atoms with Gasteiger partial charge < -0.3 is 11.1 Å². The summed E-state index contributed by atoms with van der Waals surface area (Å²) >= 11 is 4.02. The first-order valence-corrected chi connectivity index (χ1v) is 11.4. The van der Waals surface area contributed by atoms with Crippen LogP contribution < -0.4 is 16.6 Å². The lowest BCUT2D eigenvalue weighted by Crippen LogP contribution is -2.21. The number of amides is 2. The molecule has 1 aliphatic rings. The predicted molar refractivity (Wildman–Crippen MR) is 114 cm³/mol. The molecule has 0 radical (unpaired) electrons. The lowest BCUT2D eigenvalue weighted by Gasteiger charge is -2.11. The second-order valence-corrected chi connectivity index (χ2v) is 9.46. The molecule has 3 N–H and O–H groups in total. The maximum absolute atomic E-state index is 12.5. The highest BCUT2D eigenvalue weighted by molar-refractivity contribution is 7.99. The van der Waals surface area contributed by atoms with Crippen molar-refractivity contribution in [3.8, 4) is 0 Å². The number of rotatable bonds is 5. The van der Waals surface area contributed by atoms with Gasteiger partial charge in [0.25, 0.3) is 11.5 Å². The fraction of sp³-hybridized carbons (Fsp3) is 0.333. The third-order valence-electron chi connectivity index (χ3n) is 4.67. The molecule has 3 aromatic rings. The third kappa shape index (κ3) is 3.47. The van der Waals surface area contributed by atoms with Crippen LogP contribution in [0.5, 0.6) is 0 Å². The van der Waals surface area contributed by atoms with Gasteiger partial charge in [-0.15, -0.1) is 22.7 Å². The van der Waals surface area contributed by atoms with Crippen LogP contribution in [0.3, 0.4) is 0 Å². The Hall–Kier alpha value is -2.17. The Morgan fingerprint density at radius 3 is 2.93 bits per heavy atom. The number of nitrogens with two attached hydrogens (primary N) is 1. The molecule has 10 heteroatoms. The quantitative estimate of drug-likeness (QED) is 0.474. The van der Waals surface area contributed by atoms with Gasteiger partial charge in [0.2, 0.25) is 5.91 Å². The zero-order valence-corrected chi connectivity index (χ0v) is 17.6. The minimum absolute atomic E-state index is 0.0813. The van der Waals surface area contributed by atoms with Gasteiger partial charge in [0, 0.05) is 11.9 Å². The van der Waals surface area contributed by atoms with E-state index in [4.69, 9.17) is 5.73 Å². The van der Waals surface area contributed by atoms with Crippen molar-refractivity contribution in [2.75, 3.05) is 11.1 Å². The third-order valence-corrected chi connectivity index (χ3v) is 7.71. The number of thioether (sulfide) groups is 1. The smallest absolute Gasteiger partial charge is 0.262 e. The van der Waals surface area contributed by atoms with Gasteiger partial charge in [-0.25, -0.2) is 4.98 Å². The molecule has 0 bridgehead atoms. The molecule has 3 aromatic heterocycles. The average Bonchev–Trinajstić information content (AvgIpc) is 3.27. The summed E-state index contributed by atoms with van der Waals surface area (Å²) in [6, 6.07) is 1.75. The molecule has 0 atom stereocenters. The maximum atomic E-state index is 12.5. The summed E-state index contributed by atoms with van der Waals surface area (Å²) in [5.41, 5.74) is 6.87. The highest BCUT2D eigenvalue weighted by atomic mass is 32.2. The van der Waals surface area contributed by atoms with Gasteiger partial charge in [0.15, 0.2) is 5.16 Å². The minimum Gasteiger partial charge on any atom is -0.365 e. The summed E-state index contributed by atoms with van der Waals surface area (Å²) in [7, 11) is 1.64. The van der Waals surface area contributed by atoms with Gasteiger partial charge in [-0.3, -0.25) is 19.0 Å². The van der Waals surface area contributed by atoms with Crippen molar-refractivity contribution in [1.29, 1.82) is 0 Å². The van der Waals surface area contributed by atoms with Crippen molar-refractivity contribution in [2.45, 2.75) is 30.8 Å². The summed E-state index contributed by atoms with van der Waals surface area (Å²) < 4.78 is 1.45. The van der Waals surface area contributed by atoms with Crippen LogP contribution in [0.1, 0.15) is 33.6 Å². The largest absolute Gasteiger partial charge is 0.365 e. The van der Waals surface area contributed by atoms with E-state index < -0.39 is 5.91 Å². The first-order chi connectivity index (χ1) is 13.5. The van der Waals surface area contributed by atoms with E-state index in [1.54, 1.807) is 13.1 Å². The maximum Gasteiger partial charge on any atom is 0.262 e. The summed E-state index contributed by atoms with van der Waals surface area (Å²) in [5, 5.41) is 6.25. The van der Waals surface area contributed by atoms with Gasteiger partial charge in [-0.1, -0.05) is 11.8 Å². The standard InChI is InChI=1S/C18H18N4O3S3/c1-22-17(25)10-6-7-26-15(10)21-18(22)27-8-12(23)20-16-13(14(19)24)9-4-2-3-5-11(9)28-16/h6-7H,2-5,8H2,1H3,(H2,19,24)(H,20,23). The number of aryl methyl sites for hydroxylation is 1. The van der Waals surface area contributed by atoms with Crippen molar-refractivity contribution >= 4 is 61.5 Å². The van der Waals surface area contributed by atoms with Gasteiger partial charge in [0.1, 0.15) is 9.83 Å². The molecule has 146 valence electrons. The van der Waals surface area contributed by atoms with Crippen molar-refractivity contribution < 1.29 is 9.59 Å². The molecule has 0 saturated carbocycles. The fourth-order valence-corrected chi connectivity index (χ4v) is 6.20. The molecule has 0 aromatic carbocycles. The second kappa shape index (κ2) is 7.69. The minimum atomic E-state index is -0.505. The SMILES string of the molecule is Cn1c(SCC(=O)Nc2sc3c(c2C(N)=O)CCCC3)nc2sccc2c1=O. The van der Waals surface area contributed by atoms with E-state index in [1.165, 1.54) is 39.0 Å². The topological polar surface area (TPSA) is 107 Å². The van der Waals surface area contributed by atoms with Crippen molar-refractivity contribution in [3.05, 3.63) is 37.8 Å². The van der Waals surface area contributed by atoms with E-state index in [0.717, 1.165) is 36.1 Å². The molecule has 7 nitrogen and oxygen atoms in total. The van der Waals surface area contributed by atoms with Crippen LogP contribution in [0.15, 0.2) is 21.4 Å². The number of hydrogen-bond acceptors (Lipinski definition) is 7. The molecule has 28 heavy (non-hydrogen) atoms. The molecule has 1 aliphatic carbocycles. The Labute approximate surface area is 173 Å². The molecule has 0 unspecified atom stereocenters. The monoisotopic (exact) mass is 434 g/mol. The molecule has 0 spiro atoms. The molecule has 0 saturated heterocycles. The molecular formula is C18H18N4O3S3. The van der Waals surface area contributed by atoms with Crippen LogP contribution in [0.25, 0.3) is 10.2 Å². The first kappa shape index (κ1) is 19.2. The van der Waals surface area contributed by atoms with Crippen LogP contribution in [0, 0.1) is 0 Å². The average molecular weight is 435 g/mol. The van der Waals surface area contributed by atoms with E-state index in [2.05, 4.69) is 10.3 Å². The number of nitrogens with one attached hydrogen (secondary N) is 1. The lowest BCUT2D eigenvalue weighted by molar-refractivity contribution is -0.113. The highest BCUT2D eigenvalue weighted by Gasteiger charge is 2.25. The number of aromatic nitrogens is 2. The lowest BCUT2D eigenvalue weighted by atomic mass is 9.95. The Bertz CT molecular complexity index is 1150. The molecule has 3 heterocycles. The highest BCUT2D eigenvalue weighted by Crippen LogP contribution is 2.38. The number of primary amides is 1. The van der Waals surface area contributed by atoms with E-state index in [1.807, 2.05) is 5.38 Å². The van der Waals surface area contributed by atoms with Gasteiger partial charge in [-0.2, -0.15) is 0 Å². The van der Waals surface area contributed by atoms with Gasteiger partial charge in [0.05, 0.1) is 16.7 Å². The summed E-state index contributed by atoms with van der Waals surface area (Å²) in [5.74, 6) is -0.682. The summed E-state index contributed by atoms with van der Waals surface area (Å²) in [6.07, 6.45) is 3.84. The number of anilines is 1. The number of carbonyl (C=O) groups excluding carboxylic acids is 2. The van der Waals surface area contributed by atoms with Gasteiger partial charge in [-0.05, 0) is 42.7 Å². The summed E-state index contributed by atoms with van der Waals surface area (Å²) in [4.78, 5) is 43.0. The molecule has 0 aliphatic heterocycles. The van der Waals surface area contributed by atoms with E-state index in [-0.39, 0.29) is 17.2 Å². The second-order valence-electron chi connectivity index (χ2n) is 6.51. The zero-order valence-electron chi connectivity index (χ0n) is 15.1. The number of thiophene rings is 2. The van der Waals surface area contributed by atoms with Crippen LogP contribution in [0.2, 0.25) is 0 Å². The molecule has 0 fully saturated rings. The Balaban J connectivity index is 1.51. The number of fused-ring (bicyclic) bond motifs is 2. The molecular weight excluding hydrogens is 416 g/mol. The van der Waals surface area contributed by atoms with E-state index >= 15 is 0 Å². The summed E-state index contributed by atoms with van der Waals surface area (Å²) in [6.45, 7) is 0. The van der Waals surface area contributed by atoms with Crippen molar-refractivity contribution in [3.63, 3.8) is 0 Å². The van der Waals surface area contributed by atoms with Crippen molar-refractivity contribution in [2.24, 2.45) is 12.8 Å². The zero-order chi connectivity index (χ0) is 19.8. The number of hydrogen-bond donors (Lipinski definition) is 2. The van der Waals surface area contributed by atoms with Crippen LogP contribution >= 0.6 is 34.4 Å². The van der Waals surface area contributed by atoms with Crippen LogP contribution in [-0.2, 0) is 24.7 Å². The molecule has 4 rings (SSSR count). The Morgan fingerprint density at radius 2 is 2.14 bits per heavy atom. The van der Waals surface area contributed by atoms with Crippen molar-refractivity contribution in [1.82, 2.24) is 9.55 Å². The van der Waals surface area contributed by atoms with Gasteiger partial charge >= 0.3 is 0 Å². The number of carbonyl (C=O) groups is 2. The fourth-order valence-electron chi connectivity index (χ4n) is 3.32. The van der Waals surface area contributed by atoms with Crippen LogP contribution in [-0.4, -0.2) is 27.1 Å². The normalized spacial score (nSPS) is 13.5. The van der Waals surface area contributed by atoms with E-state index in [9.17, 15) is 14.4 Å². The van der Waals surface area contributed by atoms with Crippen LogP contribution in [0.4, 0.5) is 5.00 Å². The predicted octanol–water partition coefficient (Wildman–Crippen LogP) is 2.77. The first-order valence-electron chi connectivity index (χ1n) is 8.77.